The molecule has 1 aliphatic heterocycles. The van der Waals surface area contributed by atoms with Crippen LogP contribution < -0.4 is 5.32 Å². The van der Waals surface area contributed by atoms with Gasteiger partial charge in [-0.05, 0) is 54.9 Å². The van der Waals surface area contributed by atoms with Crippen LogP contribution in [0.3, 0.4) is 0 Å². The maximum atomic E-state index is 12.9. The first kappa shape index (κ1) is 16.3. The number of ether oxygens (including phenoxy) is 1. The molecular formula is C21H24N2O2. The van der Waals surface area contributed by atoms with E-state index in [1.165, 1.54) is 5.56 Å². The van der Waals surface area contributed by atoms with Crippen molar-refractivity contribution in [1.29, 1.82) is 0 Å². The SMILES string of the molecule is O=C(NC1CC1)C1(Cc2ccc(-c3cccnc3)cc2)CCOCC1. The number of carbonyl (C=O) groups excluding carboxylic acids is 1. The number of aromatic nitrogens is 1. The lowest BCUT2D eigenvalue weighted by Gasteiger charge is -2.36. The van der Waals surface area contributed by atoms with Gasteiger partial charge in [0.05, 0.1) is 5.41 Å². The van der Waals surface area contributed by atoms with Crippen molar-refractivity contribution in [2.24, 2.45) is 5.41 Å². The highest BCUT2D eigenvalue weighted by Gasteiger charge is 2.41. The van der Waals surface area contributed by atoms with Gasteiger partial charge in [-0.1, -0.05) is 30.3 Å². The molecule has 1 aliphatic carbocycles. The van der Waals surface area contributed by atoms with E-state index in [1.807, 2.05) is 12.3 Å². The summed E-state index contributed by atoms with van der Waals surface area (Å²) in [6, 6.07) is 12.9. The Labute approximate surface area is 148 Å². The van der Waals surface area contributed by atoms with E-state index in [4.69, 9.17) is 4.74 Å². The molecule has 2 aromatic rings. The molecule has 130 valence electrons. The number of hydrogen-bond donors (Lipinski definition) is 1. The molecule has 0 radical (unpaired) electrons. The number of nitrogens with zero attached hydrogens (tertiary/aromatic N) is 1. The first-order valence-electron chi connectivity index (χ1n) is 9.13. The van der Waals surface area contributed by atoms with Crippen LogP contribution in [0.15, 0.2) is 48.8 Å². The average molecular weight is 336 g/mol. The molecule has 4 heteroatoms. The monoisotopic (exact) mass is 336 g/mol. The molecule has 4 rings (SSSR count). The van der Waals surface area contributed by atoms with Crippen molar-refractivity contribution in [1.82, 2.24) is 10.3 Å². The van der Waals surface area contributed by atoms with Crippen LogP contribution in [-0.4, -0.2) is 30.1 Å². The lowest BCUT2D eigenvalue weighted by Crippen LogP contribution is -2.46. The van der Waals surface area contributed by atoms with Crippen LogP contribution in [0.2, 0.25) is 0 Å². The summed E-state index contributed by atoms with van der Waals surface area (Å²) in [4.78, 5) is 17.1. The summed E-state index contributed by atoms with van der Waals surface area (Å²) in [5.41, 5.74) is 3.15. The van der Waals surface area contributed by atoms with Crippen molar-refractivity contribution < 1.29 is 9.53 Å². The summed E-state index contributed by atoms with van der Waals surface area (Å²) < 4.78 is 5.52. The molecule has 0 unspecified atom stereocenters. The van der Waals surface area contributed by atoms with Crippen molar-refractivity contribution in [2.75, 3.05) is 13.2 Å². The highest BCUT2D eigenvalue weighted by atomic mass is 16.5. The predicted octanol–water partition coefficient (Wildman–Crippen LogP) is 3.37. The topological polar surface area (TPSA) is 51.2 Å². The van der Waals surface area contributed by atoms with Crippen LogP contribution in [0, 0.1) is 5.41 Å². The summed E-state index contributed by atoms with van der Waals surface area (Å²) in [5.74, 6) is 0.217. The van der Waals surface area contributed by atoms with Crippen molar-refractivity contribution in [3.63, 3.8) is 0 Å². The summed E-state index contributed by atoms with van der Waals surface area (Å²) >= 11 is 0. The van der Waals surface area contributed by atoms with E-state index >= 15 is 0 Å². The molecule has 0 bridgehead atoms. The van der Waals surface area contributed by atoms with Gasteiger partial charge in [-0.2, -0.15) is 0 Å². The van der Waals surface area contributed by atoms with E-state index in [1.54, 1.807) is 6.20 Å². The van der Waals surface area contributed by atoms with E-state index in [9.17, 15) is 4.79 Å². The van der Waals surface area contributed by atoms with Gasteiger partial charge < -0.3 is 10.1 Å². The zero-order chi connectivity index (χ0) is 17.1. The second-order valence-corrected chi connectivity index (χ2v) is 7.26. The second kappa shape index (κ2) is 6.96. The molecule has 1 aromatic carbocycles. The molecule has 4 nitrogen and oxygen atoms in total. The van der Waals surface area contributed by atoms with E-state index in [2.05, 4.69) is 40.6 Å². The number of hydrogen-bond acceptors (Lipinski definition) is 3. The Hall–Kier alpha value is -2.20. The summed E-state index contributed by atoms with van der Waals surface area (Å²) in [6.45, 7) is 1.34. The average Bonchev–Trinajstić information content (AvgIpc) is 3.48. The van der Waals surface area contributed by atoms with Crippen LogP contribution >= 0.6 is 0 Å². The molecule has 2 aliphatic rings. The second-order valence-electron chi connectivity index (χ2n) is 7.26. The molecule has 1 aromatic heterocycles. The molecule has 2 fully saturated rings. The third-order valence-electron chi connectivity index (χ3n) is 5.34. The predicted molar refractivity (Wildman–Crippen MR) is 97.0 cm³/mol. The lowest BCUT2D eigenvalue weighted by molar-refractivity contribution is -0.136. The minimum Gasteiger partial charge on any atom is -0.381 e. The van der Waals surface area contributed by atoms with Crippen LogP contribution in [0.25, 0.3) is 11.1 Å². The third-order valence-corrected chi connectivity index (χ3v) is 5.34. The summed E-state index contributed by atoms with van der Waals surface area (Å²) in [5, 5.41) is 3.22. The summed E-state index contributed by atoms with van der Waals surface area (Å²) in [7, 11) is 0. The van der Waals surface area contributed by atoms with Crippen LogP contribution in [-0.2, 0) is 16.0 Å². The van der Waals surface area contributed by atoms with Crippen LogP contribution in [0.5, 0.6) is 0 Å². The zero-order valence-corrected chi connectivity index (χ0v) is 14.4. The van der Waals surface area contributed by atoms with Crippen LogP contribution in [0.4, 0.5) is 0 Å². The Morgan fingerprint density at radius 1 is 1.12 bits per heavy atom. The molecule has 2 heterocycles. The van der Waals surface area contributed by atoms with Crippen molar-refractivity contribution >= 4 is 5.91 Å². The third kappa shape index (κ3) is 3.74. The minimum absolute atomic E-state index is 0.217. The largest absolute Gasteiger partial charge is 0.381 e. The first-order valence-corrected chi connectivity index (χ1v) is 9.13. The first-order chi connectivity index (χ1) is 12.3. The van der Waals surface area contributed by atoms with Gasteiger partial charge >= 0.3 is 0 Å². The van der Waals surface area contributed by atoms with Gasteiger partial charge in [0.2, 0.25) is 5.91 Å². The number of carbonyl (C=O) groups is 1. The van der Waals surface area contributed by atoms with Gasteiger partial charge in [0.1, 0.15) is 0 Å². The number of rotatable bonds is 5. The Balaban J connectivity index is 1.52. The maximum Gasteiger partial charge on any atom is 0.226 e. The van der Waals surface area contributed by atoms with Gasteiger partial charge in [-0.15, -0.1) is 0 Å². The minimum atomic E-state index is -0.323. The Morgan fingerprint density at radius 3 is 2.52 bits per heavy atom. The highest BCUT2D eigenvalue weighted by Crippen LogP contribution is 2.36. The van der Waals surface area contributed by atoms with E-state index in [-0.39, 0.29) is 11.3 Å². The van der Waals surface area contributed by atoms with Crippen molar-refractivity contribution in [2.45, 2.75) is 38.1 Å². The normalized spacial score (nSPS) is 19.4. The van der Waals surface area contributed by atoms with E-state index in [0.717, 1.165) is 43.2 Å². The molecule has 0 spiro atoms. The van der Waals surface area contributed by atoms with Gasteiger partial charge in [0, 0.05) is 31.6 Å². The molecule has 0 atom stereocenters. The number of nitrogens with one attached hydrogen (secondary N) is 1. The molecule has 25 heavy (non-hydrogen) atoms. The number of amides is 1. The Bertz CT molecular complexity index is 717. The van der Waals surface area contributed by atoms with Gasteiger partial charge in [-0.3, -0.25) is 9.78 Å². The van der Waals surface area contributed by atoms with Gasteiger partial charge in [0.15, 0.2) is 0 Å². The van der Waals surface area contributed by atoms with Crippen LogP contribution in [0.1, 0.15) is 31.2 Å². The van der Waals surface area contributed by atoms with Gasteiger partial charge in [-0.25, -0.2) is 0 Å². The zero-order valence-electron chi connectivity index (χ0n) is 14.4. The smallest absolute Gasteiger partial charge is 0.226 e. The fourth-order valence-electron chi connectivity index (χ4n) is 3.55. The standard InChI is InChI=1S/C21H24N2O2/c24-20(23-19-7-8-19)21(9-12-25-13-10-21)14-16-3-5-17(6-4-16)18-2-1-11-22-15-18/h1-6,11,15,19H,7-10,12-14H2,(H,23,24). The molecule has 1 N–H and O–H groups in total. The fraction of sp³-hybridized carbons (Fsp3) is 0.429. The van der Waals surface area contributed by atoms with E-state index < -0.39 is 0 Å². The fourth-order valence-corrected chi connectivity index (χ4v) is 3.55. The molecule has 1 saturated carbocycles. The Kier molecular flexibility index (Phi) is 4.53. The number of benzene rings is 1. The van der Waals surface area contributed by atoms with E-state index in [0.29, 0.717) is 19.3 Å². The van der Waals surface area contributed by atoms with Gasteiger partial charge in [0.25, 0.3) is 0 Å². The van der Waals surface area contributed by atoms with Crippen molar-refractivity contribution in [3.05, 3.63) is 54.4 Å². The summed E-state index contributed by atoms with van der Waals surface area (Å²) in [6.07, 6.45) is 8.29. The van der Waals surface area contributed by atoms with Crippen molar-refractivity contribution in [3.8, 4) is 11.1 Å². The number of pyridine rings is 1. The molecule has 1 amide bonds. The highest BCUT2D eigenvalue weighted by molar-refractivity contribution is 5.83. The maximum absolute atomic E-state index is 12.9. The lowest BCUT2D eigenvalue weighted by atomic mass is 9.74. The molecule has 1 saturated heterocycles. The quantitative estimate of drug-likeness (QED) is 0.911. The Morgan fingerprint density at radius 2 is 1.88 bits per heavy atom. The molecular weight excluding hydrogens is 312 g/mol.